The molecule has 28 heavy (non-hydrogen) atoms. The lowest BCUT2D eigenvalue weighted by Gasteiger charge is -2.30. The minimum atomic E-state index is -0.0309. The third-order valence-corrected chi connectivity index (χ3v) is 5.41. The van der Waals surface area contributed by atoms with Crippen LogP contribution in [0.4, 0.5) is 16.3 Å². The average molecular weight is 384 g/mol. The van der Waals surface area contributed by atoms with E-state index in [-0.39, 0.29) is 12.1 Å². The number of nitrogens with one attached hydrogen (secondary N) is 3. The van der Waals surface area contributed by atoms with E-state index in [1.165, 1.54) is 11.1 Å². The van der Waals surface area contributed by atoms with E-state index in [1.807, 2.05) is 6.07 Å². The number of fused-ring (bicyclic) bond motifs is 1. The molecule has 0 unspecified atom stereocenters. The summed E-state index contributed by atoms with van der Waals surface area (Å²) in [5.41, 5.74) is 2.18. The molecular formula is C22H33N5O. The number of unbranched alkanes of at least 4 members (excludes halogenated alkanes) is 1. The predicted octanol–water partition coefficient (Wildman–Crippen LogP) is 4.12. The number of aromatic nitrogens is 1. The standard InChI is InChI=1S/C22H33N5O/c1-4-5-14-23-22(28)25-17-12-10-16(11-13-17)24-21-15-20(27(2)3)18-8-6-7-9-19(18)26-21/h6-9,15-17H,4-5,10-14H2,1-3H3,(H,24,26)(H2,23,25,28)/t16-,17+. The van der Waals surface area contributed by atoms with Crippen LogP contribution in [0.15, 0.2) is 30.3 Å². The molecule has 1 aromatic heterocycles. The Morgan fingerprint density at radius 2 is 1.86 bits per heavy atom. The van der Waals surface area contributed by atoms with Crippen molar-refractivity contribution in [3.8, 4) is 0 Å². The van der Waals surface area contributed by atoms with Gasteiger partial charge in [0.05, 0.1) is 5.52 Å². The highest BCUT2D eigenvalue weighted by Gasteiger charge is 2.23. The van der Waals surface area contributed by atoms with Gasteiger partial charge in [-0.25, -0.2) is 9.78 Å². The van der Waals surface area contributed by atoms with Crippen LogP contribution in [0, 0.1) is 0 Å². The fourth-order valence-corrected chi connectivity index (χ4v) is 3.81. The van der Waals surface area contributed by atoms with Gasteiger partial charge in [-0.05, 0) is 38.2 Å². The van der Waals surface area contributed by atoms with Crippen LogP contribution in [0.25, 0.3) is 10.9 Å². The van der Waals surface area contributed by atoms with Gasteiger partial charge in [0, 0.05) is 49.9 Å². The number of carbonyl (C=O) groups excluding carboxylic acids is 1. The van der Waals surface area contributed by atoms with Gasteiger partial charge in [0.1, 0.15) is 5.82 Å². The van der Waals surface area contributed by atoms with Gasteiger partial charge < -0.3 is 20.9 Å². The number of carbonyl (C=O) groups is 1. The van der Waals surface area contributed by atoms with Crippen molar-refractivity contribution in [1.82, 2.24) is 15.6 Å². The number of nitrogens with zero attached hydrogens (tertiary/aromatic N) is 2. The number of urea groups is 1. The van der Waals surface area contributed by atoms with Crippen LogP contribution in [0.2, 0.25) is 0 Å². The highest BCUT2D eigenvalue weighted by Crippen LogP contribution is 2.29. The number of pyridine rings is 1. The third-order valence-electron chi connectivity index (χ3n) is 5.41. The molecule has 0 saturated heterocycles. The maximum atomic E-state index is 11.9. The average Bonchev–Trinajstić information content (AvgIpc) is 2.69. The Morgan fingerprint density at radius 1 is 1.14 bits per heavy atom. The molecule has 2 aromatic rings. The molecule has 0 radical (unpaired) electrons. The summed E-state index contributed by atoms with van der Waals surface area (Å²) in [6.07, 6.45) is 6.17. The van der Waals surface area contributed by atoms with E-state index in [0.717, 1.165) is 56.4 Å². The SMILES string of the molecule is CCCCNC(=O)N[C@H]1CC[C@@H](Nc2cc(N(C)C)c3ccccc3n2)CC1. The first-order chi connectivity index (χ1) is 13.6. The monoisotopic (exact) mass is 383 g/mol. The molecule has 0 atom stereocenters. The Hall–Kier alpha value is -2.50. The lowest BCUT2D eigenvalue weighted by atomic mass is 9.91. The van der Waals surface area contributed by atoms with Gasteiger partial charge in [-0.15, -0.1) is 0 Å². The summed E-state index contributed by atoms with van der Waals surface area (Å²) in [4.78, 5) is 18.9. The van der Waals surface area contributed by atoms with Gasteiger partial charge in [-0.2, -0.15) is 0 Å². The maximum absolute atomic E-state index is 11.9. The maximum Gasteiger partial charge on any atom is 0.315 e. The zero-order chi connectivity index (χ0) is 19.9. The van der Waals surface area contributed by atoms with Crippen LogP contribution in [-0.2, 0) is 0 Å². The zero-order valence-corrected chi connectivity index (χ0v) is 17.3. The van der Waals surface area contributed by atoms with Gasteiger partial charge in [0.25, 0.3) is 0 Å². The van der Waals surface area contributed by atoms with Crippen LogP contribution in [0.1, 0.15) is 45.4 Å². The van der Waals surface area contributed by atoms with Crippen LogP contribution < -0.4 is 20.9 Å². The Labute approximate surface area is 168 Å². The second-order valence-corrected chi connectivity index (χ2v) is 7.88. The fourth-order valence-electron chi connectivity index (χ4n) is 3.81. The van der Waals surface area contributed by atoms with Crippen molar-refractivity contribution in [1.29, 1.82) is 0 Å². The third kappa shape index (κ3) is 5.27. The lowest BCUT2D eigenvalue weighted by Crippen LogP contribution is -2.45. The number of para-hydroxylation sites is 1. The molecule has 3 rings (SSSR count). The van der Waals surface area contributed by atoms with Crippen molar-refractivity contribution in [2.24, 2.45) is 0 Å². The molecule has 1 aliphatic rings. The molecular weight excluding hydrogens is 350 g/mol. The molecule has 1 fully saturated rings. The summed E-state index contributed by atoms with van der Waals surface area (Å²) in [5, 5.41) is 10.8. The van der Waals surface area contributed by atoms with E-state index < -0.39 is 0 Å². The number of hydrogen-bond acceptors (Lipinski definition) is 4. The van der Waals surface area contributed by atoms with E-state index in [9.17, 15) is 4.79 Å². The Kier molecular flexibility index (Phi) is 6.95. The van der Waals surface area contributed by atoms with Crippen molar-refractivity contribution in [2.75, 3.05) is 30.9 Å². The van der Waals surface area contributed by atoms with Crippen molar-refractivity contribution >= 4 is 28.4 Å². The number of rotatable bonds is 7. The molecule has 6 nitrogen and oxygen atoms in total. The summed E-state index contributed by atoms with van der Waals surface area (Å²) in [6, 6.07) is 11.0. The van der Waals surface area contributed by atoms with E-state index in [1.54, 1.807) is 0 Å². The van der Waals surface area contributed by atoms with Gasteiger partial charge in [0.15, 0.2) is 0 Å². The predicted molar refractivity (Wildman–Crippen MR) is 117 cm³/mol. The molecule has 1 heterocycles. The van der Waals surface area contributed by atoms with Crippen LogP contribution in [0.5, 0.6) is 0 Å². The molecule has 2 amide bonds. The molecule has 6 heteroatoms. The Bertz CT molecular complexity index is 784. The summed E-state index contributed by atoms with van der Waals surface area (Å²) >= 11 is 0. The summed E-state index contributed by atoms with van der Waals surface area (Å²) < 4.78 is 0. The van der Waals surface area contributed by atoms with E-state index in [2.05, 4.69) is 66.1 Å². The van der Waals surface area contributed by atoms with Crippen molar-refractivity contribution < 1.29 is 4.79 Å². The van der Waals surface area contributed by atoms with Gasteiger partial charge in [0.2, 0.25) is 0 Å². The normalized spacial score (nSPS) is 19.2. The molecule has 1 saturated carbocycles. The molecule has 152 valence electrons. The quantitative estimate of drug-likeness (QED) is 0.629. The van der Waals surface area contributed by atoms with Gasteiger partial charge >= 0.3 is 6.03 Å². The number of benzene rings is 1. The molecule has 0 bridgehead atoms. The molecule has 3 N–H and O–H groups in total. The largest absolute Gasteiger partial charge is 0.377 e. The van der Waals surface area contributed by atoms with E-state index in [4.69, 9.17) is 4.98 Å². The number of hydrogen-bond donors (Lipinski definition) is 3. The van der Waals surface area contributed by atoms with Crippen LogP contribution in [-0.4, -0.2) is 43.7 Å². The first-order valence-electron chi connectivity index (χ1n) is 10.4. The Morgan fingerprint density at radius 3 is 2.57 bits per heavy atom. The van der Waals surface area contributed by atoms with Crippen molar-refractivity contribution in [2.45, 2.75) is 57.5 Å². The second-order valence-electron chi connectivity index (χ2n) is 7.88. The summed E-state index contributed by atoms with van der Waals surface area (Å²) in [7, 11) is 4.13. The van der Waals surface area contributed by atoms with E-state index >= 15 is 0 Å². The summed E-state index contributed by atoms with van der Waals surface area (Å²) in [5.74, 6) is 0.927. The number of anilines is 2. The van der Waals surface area contributed by atoms with Gasteiger partial charge in [-0.1, -0.05) is 31.5 Å². The topological polar surface area (TPSA) is 69.3 Å². The lowest BCUT2D eigenvalue weighted by molar-refractivity contribution is 0.231. The minimum Gasteiger partial charge on any atom is -0.377 e. The minimum absolute atomic E-state index is 0.0309. The van der Waals surface area contributed by atoms with E-state index in [0.29, 0.717) is 6.04 Å². The van der Waals surface area contributed by atoms with Crippen LogP contribution >= 0.6 is 0 Å². The highest BCUT2D eigenvalue weighted by atomic mass is 16.2. The first kappa shape index (κ1) is 20.2. The molecule has 0 spiro atoms. The summed E-state index contributed by atoms with van der Waals surface area (Å²) in [6.45, 7) is 2.88. The molecule has 1 aromatic carbocycles. The number of amides is 2. The first-order valence-corrected chi connectivity index (χ1v) is 10.4. The molecule has 1 aliphatic carbocycles. The smallest absolute Gasteiger partial charge is 0.315 e. The van der Waals surface area contributed by atoms with Crippen molar-refractivity contribution in [3.05, 3.63) is 30.3 Å². The van der Waals surface area contributed by atoms with Gasteiger partial charge in [-0.3, -0.25) is 0 Å². The van der Waals surface area contributed by atoms with Crippen molar-refractivity contribution in [3.63, 3.8) is 0 Å². The second kappa shape index (κ2) is 9.62. The fraction of sp³-hybridized carbons (Fsp3) is 0.545. The molecule has 0 aliphatic heterocycles. The highest BCUT2D eigenvalue weighted by molar-refractivity contribution is 5.93. The van der Waals surface area contributed by atoms with Crippen LogP contribution in [0.3, 0.4) is 0 Å². The Balaban J connectivity index is 1.55. The zero-order valence-electron chi connectivity index (χ0n) is 17.3.